The summed E-state index contributed by atoms with van der Waals surface area (Å²) in [4.78, 5) is 10.5. The summed E-state index contributed by atoms with van der Waals surface area (Å²) in [6.07, 6.45) is 1.33. The van der Waals surface area contributed by atoms with Crippen LogP contribution in [0.1, 0.15) is 57.7 Å². The third-order valence-electron chi connectivity index (χ3n) is 7.65. The number of rotatable bonds is 13. The molecule has 0 bridgehead atoms. The van der Waals surface area contributed by atoms with E-state index in [1.807, 2.05) is 32.3 Å². The van der Waals surface area contributed by atoms with Gasteiger partial charge in [-0.2, -0.15) is 13.2 Å². The van der Waals surface area contributed by atoms with Crippen LogP contribution in [0.4, 0.5) is 24.0 Å². The second-order valence-electron chi connectivity index (χ2n) is 12.5. The van der Waals surface area contributed by atoms with Gasteiger partial charge < -0.3 is 19.7 Å². The maximum Gasteiger partial charge on any atom is 0.434 e. The van der Waals surface area contributed by atoms with E-state index in [4.69, 9.17) is 9.47 Å². The summed E-state index contributed by atoms with van der Waals surface area (Å²) in [5, 5.41) is 3.14. The lowest BCUT2D eigenvalue weighted by Gasteiger charge is -2.28. The number of anilines is 2. The Morgan fingerprint density at radius 1 is 1.00 bits per heavy atom. The molecular weight excluding hydrogens is 585 g/mol. The van der Waals surface area contributed by atoms with Crippen molar-refractivity contribution in [2.24, 2.45) is 5.41 Å². The second-order valence-corrected chi connectivity index (χ2v) is 13.5. The maximum atomic E-state index is 14.2. The van der Waals surface area contributed by atoms with Crippen LogP contribution in [-0.4, -0.2) is 42.1 Å². The van der Waals surface area contributed by atoms with E-state index in [0.29, 0.717) is 29.4 Å². The Kier molecular flexibility index (Phi) is 9.23. The summed E-state index contributed by atoms with van der Waals surface area (Å²) in [6.45, 7) is 7.71. The number of para-hydroxylation sites is 1. The van der Waals surface area contributed by atoms with Crippen LogP contribution in [0.25, 0.3) is 10.4 Å². The molecule has 0 aliphatic heterocycles. The zero-order valence-corrected chi connectivity index (χ0v) is 26.6. The van der Waals surface area contributed by atoms with Gasteiger partial charge in [-0.3, -0.25) is 0 Å². The fourth-order valence-corrected chi connectivity index (χ4v) is 6.71. The van der Waals surface area contributed by atoms with E-state index in [1.54, 1.807) is 42.6 Å². The highest BCUT2D eigenvalue weighted by molar-refractivity contribution is 7.19. The van der Waals surface area contributed by atoms with Crippen LogP contribution in [0.5, 0.6) is 17.4 Å². The number of aromatic nitrogens is 2. The Labute approximate surface area is 261 Å². The van der Waals surface area contributed by atoms with Crippen molar-refractivity contribution in [2.45, 2.75) is 58.0 Å². The highest BCUT2D eigenvalue weighted by Gasteiger charge is 2.45. The Balaban J connectivity index is 1.37. The van der Waals surface area contributed by atoms with Gasteiger partial charge in [0, 0.05) is 23.7 Å². The first-order valence-corrected chi connectivity index (χ1v) is 15.7. The lowest BCUT2D eigenvalue weighted by Crippen LogP contribution is -2.33. The first kappa shape index (κ1) is 31.8. The van der Waals surface area contributed by atoms with Crippen molar-refractivity contribution >= 4 is 22.2 Å². The van der Waals surface area contributed by atoms with Crippen LogP contribution in [0.3, 0.4) is 0 Å². The fraction of sp³-hybridized carbons (Fsp3) is 0.412. The Hall–Kier alpha value is -3.63. The summed E-state index contributed by atoms with van der Waals surface area (Å²) < 4.78 is 54.8. The number of nitrogens with zero attached hydrogens (tertiary/aromatic N) is 3. The van der Waals surface area contributed by atoms with E-state index in [0.717, 1.165) is 49.1 Å². The van der Waals surface area contributed by atoms with Crippen LogP contribution in [0, 0.1) is 5.41 Å². The second kappa shape index (κ2) is 12.8. The largest absolute Gasteiger partial charge is 0.493 e. The molecule has 4 aromatic rings. The molecule has 0 amide bonds. The van der Waals surface area contributed by atoms with Gasteiger partial charge in [-0.1, -0.05) is 56.7 Å². The van der Waals surface area contributed by atoms with Crippen LogP contribution in [0.15, 0.2) is 66.9 Å². The minimum absolute atomic E-state index is 0.0198. The van der Waals surface area contributed by atoms with Crippen molar-refractivity contribution in [1.29, 1.82) is 0 Å². The topological polar surface area (TPSA) is 59.5 Å². The number of benzene rings is 2. The summed E-state index contributed by atoms with van der Waals surface area (Å²) in [6, 6.07) is 18.0. The van der Waals surface area contributed by atoms with Gasteiger partial charge >= 0.3 is 6.18 Å². The Bertz CT molecular complexity index is 1560. The van der Waals surface area contributed by atoms with E-state index in [-0.39, 0.29) is 26.7 Å². The molecule has 2 aromatic carbocycles. The van der Waals surface area contributed by atoms with Crippen molar-refractivity contribution in [2.75, 3.05) is 32.6 Å². The number of halogens is 3. The maximum absolute atomic E-state index is 14.2. The standard InChI is InChI=1S/C34H39F3N4O2S/c1-6-17-33(18-19-33)25-10-7-8-12-27(25)43-30-26(11-9-20-38-30)39-31-40-29(34(35,36)37)28(44-31)23-13-15-24(16-14-23)42-22-32(2,3)21-41(4)5/h7-16,20H,6,17-19,21-22H2,1-5H3,(H,39,40). The van der Waals surface area contributed by atoms with Crippen molar-refractivity contribution in [3.63, 3.8) is 0 Å². The van der Waals surface area contributed by atoms with Gasteiger partial charge in [0.2, 0.25) is 5.88 Å². The SMILES string of the molecule is CCCC1(c2ccccc2Oc2ncccc2Nc2nc(C(F)(F)F)c(-c3ccc(OCC(C)(C)CN(C)C)cc3)s2)CC1. The predicted molar refractivity (Wildman–Crippen MR) is 170 cm³/mol. The highest BCUT2D eigenvalue weighted by atomic mass is 32.1. The molecule has 1 aliphatic rings. The van der Waals surface area contributed by atoms with Gasteiger partial charge in [-0.05, 0) is 86.8 Å². The zero-order valence-electron chi connectivity index (χ0n) is 25.8. The highest BCUT2D eigenvalue weighted by Crippen LogP contribution is 2.55. The average molecular weight is 625 g/mol. The number of pyridine rings is 1. The quantitative estimate of drug-likeness (QED) is 0.160. The summed E-state index contributed by atoms with van der Waals surface area (Å²) in [5.74, 6) is 1.58. The van der Waals surface area contributed by atoms with Gasteiger partial charge in [0.25, 0.3) is 0 Å². The average Bonchev–Trinajstić information content (AvgIpc) is 3.61. The Morgan fingerprint density at radius 2 is 1.73 bits per heavy atom. The van der Waals surface area contributed by atoms with Crippen molar-refractivity contribution < 1.29 is 22.6 Å². The summed E-state index contributed by atoms with van der Waals surface area (Å²) in [5.41, 5.74) is 1.06. The molecule has 10 heteroatoms. The lowest BCUT2D eigenvalue weighted by atomic mass is 9.90. The molecule has 1 fully saturated rings. The van der Waals surface area contributed by atoms with Crippen molar-refractivity contribution in [1.82, 2.24) is 14.9 Å². The molecule has 1 saturated carbocycles. The predicted octanol–water partition coefficient (Wildman–Crippen LogP) is 9.56. The van der Waals surface area contributed by atoms with Crippen LogP contribution < -0.4 is 14.8 Å². The van der Waals surface area contributed by atoms with E-state index in [9.17, 15) is 13.2 Å². The molecular formula is C34H39F3N4O2S. The smallest absolute Gasteiger partial charge is 0.434 e. The number of hydrogen-bond acceptors (Lipinski definition) is 7. The molecule has 2 heterocycles. The minimum Gasteiger partial charge on any atom is -0.493 e. The molecule has 5 rings (SSSR count). The van der Waals surface area contributed by atoms with Crippen LogP contribution in [0.2, 0.25) is 0 Å². The number of thiazole rings is 1. The molecule has 44 heavy (non-hydrogen) atoms. The fourth-order valence-electron chi connectivity index (χ4n) is 5.71. The third kappa shape index (κ3) is 7.53. The van der Waals surface area contributed by atoms with E-state index < -0.39 is 11.9 Å². The van der Waals surface area contributed by atoms with Gasteiger partial charge in [0.1, 0.15) is 17.2 Å². The molecule has 1 aliphatic carbocycles. The van der Waals surface area contributed by atoms with Gasteiger partial charge in [-0.15, -0.1) is 0 Å². The van der Waals surface area contributed by atoms with Gasteiger partial charge in [0.15, 0.2) is 10.8 Å². The summed E-state index contributed by atoms with van der Waals surface area (Å²) in [7, 11) is 4.01. The van der Waals surface area contributed by atoms with Crippen LogP contribution >= 0.6 is 11.3 Å². The lowest BCUT2D eigenvalue weighted by molar-refractivity contribution is -0.140. The Morgan fingerprint density at radius 3 is 2.39 bits per heavy atom. The van der Waals surface area contributed by atoms with Crippen molar-refractivity contribution in [3.05, 3.63) is 78.1 Å². The summed E-state index contributed by atoms with van der Waals surface area (Å²) >= 11 is 0.932. The first-order valence-electron chi connectivity index (χ1n) is 14.8. The van der Waals surface area contributed by atoms with E-state index in [2.05, 4.69) is 47.0 Å². The number of hydrogen-bond donors (Lipinski definition) is 1. The molecule has 0 spiro atoms. The molecule has 0 radical (unpaired) electrons. The van der Waals surface area contributed by atoms with Crippen LogP contribution in [-0.2, 0) is 11.6 Å². The molecule has 0 saturated heterocycles. The first-order chi connectivity index (χ1) is 20.9. The molecule has 6 nitrogen and oxygen atoms in total. The molecule has 2 aromatic heterocycles. The van der Waals surface area contributed by atoms with E-state index >= 15 is 0 Å². The molecule has 1 N–H and O–H groups in total. The van der Waals surface area contributed by atoms with Gasteiger partial charge in [-0.25, -0.2) is 9.97 Å². The number of alkyl halides is 3. The van der Waals surface area contributed by atoms with E-state index in [1.165, 1.54) is 0 Å². The zero-order chi connectivity index (χ0) is 31.5. The minimum atomic E-state index is -4.64. The molecule has 0 unspecified atom stereocenters. The molecule has 234 valence electrons. The third-order valence-corrected chi connectivity index (χ3v) is 8.67. The molecule has 0 atom stereocenters. The number of nitrogens with one attached hydrogen (secondary N) is 1. The normalized spacial score (nSPS) is 14.5. The van der Waals surface area contributed by atoms with Crippen molar-refractivity contribution in [3.8, 4) is 27.8 Å². The number of ether oxygens (including phenoxy) is 2. The monoisotopic (exact) mass is 624 g/mol. The van der Waals surface area contributed by atoms with Gasteiger partial charge in [0.05, 0.1) is 11.5 Å².